The van der Waals surface area contributed by atoms with Gasteiger partial charge in [-0.3, -0.25) is 0 Å². The van der Waals surface area contributed by atoms with Crippen LogP contribution in [0.2, 0.25) is 0 Å². The van der Waals surface area contributed by atoms with E-state index in [9.17, 15) is 8.42 Å². The minimum atomic E-state index is -2.84. The fraction of sp³-hybridized carbons (Fsp3) is 1.00. The molecule has 4 nitrogen and oxygen atoms in total. The Bertz CT molecular complexity index is 239. The average molecular weight is 237 g/mol. The van der Waals surface area contributed by atoms with Crippen LogP contribution in [0.1, 0.15) is 26.7 Å². The van der Waals surface area contributed by atoms with Crippen LogP contribution in [0.25, 0.3) is 0 Å². The normalized spacial score (nSPS) is 14.1. The van der Waals surface area contributed by atoms with Gasteiger partial charge in [0.05, 0.1) is 18.5 Å². The summed E-state index contributed by atoms with van der Waals surface area (Å²) in [4.78, 5) is 0. The van der Waals surface area contributed by atoms with Crippen molar-refractivity contribution >= 4 is 9.84 Å². The highest BCUT2D eigenvalue weighted by Crippen LogP contribution is 1.99. The van der Waals surface area contributed by atoms with Crippen molar-refractivity contribution < 1.29 is 13.2 Å². The number of rotatable bonds is 9. The summed E-state index contributed by atoms with van der Waals surface area (Å²) in [6, 6.07) is 0. The van der Waals surface area contributed by atoms with E-state index in [0.717, 1.165) is 12.8 Å². The lowest BCUT2D eigenvalue weighted by atomic mass is 10.2. The zero-order valence-corrected chi connectivity index (χ0v) is 10.8. The van der Waals surface area contributed by atoms with E-state index < -0.39 is 9.84 Å². The molecule has 5 heteroatoms. The van der Waals surface area contributed by atoms with Crippen LogP contribution < -0.4 is 5.32 Å². The monoisotopic (exact) mass is 237 g/mol. The number of hydrogen-bond acceptors (Lipinski definition) is 4. The SMILES string of the molecule is CCCC(C)OCCNCCS(C)(=O)=O. The van der Waals surface area contributed by atoms with Crippen molar-refractivity contribution in [3.8, 4) is 0 Å². The molecule has 1 atom stereocenters. The Morgan fingerprint density at radius 2 is 2.00 bits per heavy atom. The van der Waals surface area contributed by atoms with E-state index in [1.54, 1.807) is 0 Å². The van der Waals surface area contributed by atoms with E-state index in [4.69, 9.17) is 4.74 Å². The number of nitrogens with one attached hydrogen (secondary N) is 1. The van der Waals surface area contributed by atoms with Gasteiger partial charge in [0.2, 0.25) is 0 Å². The molecular weight excluding hydrogens is 214 g/mol. The largest absolute Gasteiger partial charge is 0.377 e. The molecule has 0 fully saturated rings. The molecule has 0 aliphatic rings. The highest BCUT2D eigenvalue weighted by molar-refractivity contribution is 7.90. The number of sulfone groups is 1. The quantitative estimate of drug-likeness (QED) is 0.603. The van der Waals surface area contributed by atoms with Crippen molar-refractivity contribution in [2.45, 2.75) is 32.8 Å². The van der Waals surface area contributed by atoms with Crippen molar-refractivity contribution in [1.82, 2.24) is 5.32 Å². The Morgan fingerprint density at radius 1 is 1.33 bits per heavy atom. The molecule has 0 heterocycles. The van der Waals surface area contributed by atoms with Crippen molar-refractivity contribution in [3.63, 3.8) is 0 Å². The third kappa shape index (κ3) is 11.8. The van der Waals surface area contributed by atoms with Gasteiger partial charge in [0.1, 0.15) is 9.84 Å². The van der Waals surface area contributed by atoms with Gasteiger partial charge in [-0.15, -0.1) is 0 Å². The molecule has 0 spiro atoms. The summed E-state index contributed by atoms with van der Waals surface area (Å²) in [6.45, 7) is 6.04. The van der Waals surface area contributed by atoms with Gasteiger partial charge in [-0.05, 0) is 13.3 Å². The zero-order chi connectivity index (χ0) is 11.7. The Hall–Kier alpha value is -0.130. The van der Waals surface area contributed by atoms with Crippen LogP contribution in [-0.2, 0) is 14.6 Å². The molecular formula is C10H23NO3S. The molecule has 0 saturated heterocycles. The standard InChI is InChI=1S/C10H23NO3S/c1-4-5-10(2)14-8-6-11-7-9-15(3,12)13/h10-11H,4-9H2,1-3H3. The fourth-order valence-electron chi connectivity index (χ4n) is 1.20. The van der Waals surface area contributed by atoms with E-state index in [1.807, 2.05) is 0 Å². The van der Waals surface area contributed by atoms with Gasteiger partial charge in [0.15, 0.2) is 0 Å². The second kappa shape index (κ2) is 8.07. The smallest absolute Gasteiger partial charge is 0.148 e. The molecule has 0 saturated carbocycles. The lowest BCUT2D eigenvalue weighted by Gasteiger charge is -2.11. The maximum absolute atomic E-state index is 10.8. The van der Waals surface area contributed by atoms with Crippen LogP contribution in [0.4, 0.5) is 0 Å². The summed E-state index contributed by atoms with van der Waals surface area (Å²) >= 11 is 0. The molecule has 1 N–H and O–H groups in total. The minimum absolute atomic E-state index is 0.192. The highest BCUT2D eigenvalue weighted by atomic mass is 32.2. The molecule has 0 amide bonds. The molecule has 0 aliphatic carbocycles. The first-order valence-electron chi connectivity index (χ1n) is 5.45. The van der Waals surface area contributed by atoms with E-state index in [2.05, 4.69) is 19.2 Å². The fourth-order valence-corrected chi connectivity index (χ4v) is 1.72. The van der Waals surface area contributed by atoms with Crippen LogP contribution >= 0.6 is 0 Å². The Morgan fingerprint density at radius 3 is 2.53 bits per heavy atom. The highest BCUT2D eigenvalue weighted by Gasteiger charge is 2.01. The molecule has 15 heavy (non-hydrogen) atoms. The lowest BCUT2D eigenvalue weighted by molar-refractivity contribution is 0.0620. The molecule has 0 aliphatic heterocycles. The maximum Gasteiger partial charge on any atom is 0.148 e. The van der Waals surface area contributed by atoms with Crippen LogP contribution in [-0.4, -0.2) is 46.2 Å². The summed E-state index contributed by atoms with van der Waals surface area (Å²) in [5, 5.41) is 3.04. The molecule has 92 valence electrons. The first-order chi connectivity index (χ1) is 6.95. The van der Waals surface area contributed by atoms with Crippen LogP contribution in [0, 0.1) is 0 Å². The van der Waals surface area contributed by atoms with Gasteiger partial charge in [0.25, 0.3) is 0 Å². The van der Waals surface area contributed by atoms with Gasteiger partial charge < -0.3 is 10.1 Å². The topological polar surface area (TPSA) is 55.4 Å². The van der Waals surface area contributed by atoms with Gasteiger partial charge in [-0.2, -0.15) is 0 Å². The second-order valence-electron chi connectivity index (χ2n) is 3.85. The maximum atomic E-state index is 10.8. The summed E-state index contributed by atoms with van der Waals surface area (Å²) in [5.41, 5.74) is 0. The Labute approximate surface area is 93.3 Å². The zero-order valence-electron chi connectivity index (χ0n) is 9.95. The molecule has 0 rings (SSSR count). The lowest BCUT2D eigenvalue weighted by Crippen LogP contribution is -2.27. The van der Waals surface area contributed by atoms with Crippen LogP contribution in [0.15, 0.2) is 0 Å². The number of ether oxygens (including phenoxy) is 1. The van der Waals surface area contributed by atoms with E-state index in [0.29, 0.717) is 25.8 Å². The summed E-state index contributed by atoms with van der Waals surface area (Å²) in [6.07, 6.45) is 3.74. The van der Waals surface area contributed by atoms with Gasteiger partial charge in [0, 0.05) is 19.3 Å². The van der Waals surface area contributed by atoms with Crippen LogP contribution in [0.3, 0.4) is 0 Å². The molecule has 0 aromatic carbocycles. The van der Waals surface area contributed by atoms with Gasteiger partial charge in [-0.1, -0.05) is 13.3 Å². The predicted molar refractivity (Wildman–Crippen MR) is 62.9 cm³/mol. The van der Waals surface area contributed by atoms with Gasteiger partial charge >= 0.3 is 0 Å². The average Bonchev–Trinajstić information content (AvgIpc) is 2.09. The molecule has 0 radical (unpaired) electrons. The first kappa shape index (κ1) is 14.9. The van der Waals surface area contributed by atoms with Crippen molar-refractivity contribution in [1.29, 1.82) is 0 Å². The van der Waals surface area contributed by atoms with Crippen molar-refractivity contribution in [2.24, 2.45) is 0 Å². The Balaban J connectivity index is 3.25. The second-order valence-corrected chi connectivity index (χ2v) is 6.11. The molecule has 1 unspecified atom stereocenters. The summed E-state index contributed by atoms with van der Waals surface area (Å²) < 4.78 is 27.1. The Kier molecular flexibility index (Phi) is 8.00. The third-order valence-corrected chi connectivity index (χ3v) is 2.97. The van der Waals surface area contributed by atoms with E-state index in [-0.39, 0.29) is 5.75 Å². The predicted octanol–water partition coefficient (Wildman–Crippen LogP) is 0.826. The molecule has 0 aromatic rings. The van der Waals surface area contributed by atoms with Gasteiger partial charge in [-0.25, -0.2) is 8.42 Å². The summed E-state index contributed by atoms with van der Waals surface area (Å²) in [7, 11) is -2.84. The summed E-state index contributed by atoms with van der Waals surface area (Å²) in [5.74, 6) is 0.192. The molecule has 0 bridgehead atoms. The van der Waals surface area contributed by atoms with Crippen molar-refractivity contribution in [2.75, 3.05) is 31.7 Å². The third-order valence-electron chi connectivity index (χ3n) is 2.03. The van der Waals surface area contributed by atoms with E-state index >= 15 is 0 Å². The molecule has 0 aromatic heterocycles. The van der Waals surface area contributed by atoms with Crippen LogP contribution in [0.5, 0.6) is 0 Å². The minimum Gasteiger partial charge on any atom is -0.377 e. The number of hydrogen-bond donors (Lipinski definition) is 1. The van der Waals surface area contributed by atoms with E-state index in [1.165, 1.54) is 6.26 Å². The first-order valence-corrected chi connectivity index (χ1v) is 7.51. The van der Waals surface area contributed by atoms with Crippen molar-refractivity contribution in [3.05, 3.63) is 0 Å².